The van der Waals surface area contributed by atoms with Crippen LogP contribution in [0.25, 0.3) is 0 Å². The van der Waals surface area contributed by atoms with Gasteiger partial charge in [-0.05, 0) is 58.2 Å². The summed E-state index contributed by atoms with van der Waals surface area (Å²) in [4.78, 5) is 2.57. The third kappa shape index (κ3) is 5.51. The van der Waals surface area contributed by atoms with Crippen molar-refractivity contribution in [1.29, 1.82) is 0 Å². The van der Waals surface area contributed by atoms with Gasteiger partial charge in [0.1, 0.15) is 0 Å². The summed E-state index contributed by atoms with van der Waals surface area (Å²) < 4.78 is 24.9. The fourth-order valence-corrected chi connectivity index (χ4v) is 4.42. The lowest BCUT2D eigenvalue weighted by Gasteiger charge is -2.34. The van der Waals surface area contributed by atoms with Gasteiger partial charge in [-0.15, -0.1) is 0 Å². The number of hydrogen-bond acceptors (Lipinski definition) is 4. The Balaban J connectivity index is 1.68. The van der Waals surface area contributed by atoms with Gasteiger partial charge in [-0.2, -0.15) is 0 Å². The molecule has 0 aromatic rings. The largest absolute Gasteiger partial charge is 0.315 e. The molecule has 0 radical (unpaired) electrons. The van der Waals surface area contributed by atoms with E-state index in [0.717, 1.165) is 25.9 Å². The summed E-state index contributed by atoms with van der Waals surface area (Å²) in [6.45, 7) is 8.08. The quantitative estimate of drug-likeness (QED) is 0.798. The van der Waals surface area contributed by atoms with Crippen molar-refractivity contribution < 1.29 is 8.42 Å². The van der Waals surface area contributed by atoms with Crippen molar-refractivity contribution in [3.05, 3.63) is 0 Å². The van der Waals surface area contributed by atoms with Crippen molar-refractivity contribution in [3.8, 4) is 0 Å². The SMILES string of the molecule is CC(CNCC1CCCN(S(C)(=O)=O)C1)N1CCCCC1. The average molecular weight is 317 g/mol. The van der Waals surface area contributed by atoms with E-state index in [4.69, 9.17) is 0 Å². The lowest BCUT2D eigenvalue weighted by atomic mass is 9.99. The Morgan fingerprint density at radius 3 is 2.52 bits per heavy atom. The zero-order valence-electron chi connectivity index (χ0n) is 13.6. The second kappa shape index (κ2) is 7.90. The zero-order chi connectivity index (χ0) is 15.3. The summed E-state index contributed by atoms with van der Waals surface area (Å²) in [6, 6.07) is 0.583. The van der Waals surface area contributed by atoms with Gasteiger partial charge in [0.25, 0.3) is 0 Å². The van der Waals surface area contributed by atoms with Gasteiger partial charge in [0.05, 0.1) is 6.26 Å². The molecule has 124 valence electrons. The highest BCUT2D eigenvalue weighted by Gasteiger charge is 2.25. The summed E-state index contributed by atoms with van der Waals surface area (Å²) in [5.74, 6) is 0.460. The molecular formula is C15H31N3O2S. The van der Waals surface area contributed by atoms with E-state index in [1.165, 1.54) is 38.6 Å². The van der Waals surface area contributed by atoms with Crippen molar-refractivity contribution >= 4 is 10.0 Å². The van der Waals surface area contributed by atoms with Gasteiger partial charge in [0.15, 0.2) is 0 Å². The van der Waals surface area contributed by atoms with Crippen LogP contribution in [0, 0.1) is 5.92 Å². The minimum Gasteiger partial charge on any atom is -0.315 e. The molecule has 2 heterocycles. The van der Waals surface area contributed by atoms with Crippen molar-refractivity contribution in [2.75, 3.05) is 45.5 Å². The molecule has 1 N–H and O–H groups in total. The van der Waals surface area contributed by atoms with E-state index in [-0.39, 0.29) is 0 Å². The van der Waals surface area contributed by atoms with Crippen LogP contribution in [0.1, 0.15) is 39.0 Å². The highest BCUT2D eigenvalue weighted by Crippen LogP contribution is 2.18. The fraction of sp³-hybridized carbons (Fsp3) is 1.00. The summed E-state index contributed by atoms with van der Waals surface area (Å²) in [7, 11) is -3.02. The maximum Gasteiger partial charge on any atom is 0.211 e. The molecule has 2 saturated heterocycles. The maximum absolute atomic E-state index is 11.6. The van der Waals surface area contributed by atoms with E-state index in [1.807, 2.05) is 0 Å². The Labute approximate surface area is 130 Å². The second-order valence-corrected chi connectivity index (χ2v) is 8.72. The fourth-order valence-electron chi connectivity index (χ4n) is 3.48. The van der Waals surface area contributed by atoms with Crippen molar-refractivity contribution in [2.24, 2.45) is 5.92 Å². The van der Waals surface area contributed by atoms with Crippen LogP contribution in [0.15, 0.2) is 0 Å². The zero-order valence-corrected chi connectivity index (χ0v) is 14.4. The van der Waals surface area contributed by atoms with Gasteiger partial charge >= 0.3 is 0 Å². The molecule has 2 aliphatic heterocycles. The number of nitrogens with one attached hydrogen (secondary N) is 1. The highest BCUT2D eigenvalue weighted by molar-refractivity contribution is 7.88. The Morgan fingerprint density at radius 1 is 1.14 bits per heavy atom. The first-order valence-electron chi connectivity index (χ1n) is 8.36. The molecule has 0 spiro atoms. The van der Waals surface area contributed by atoms with E-state index in [0.29, 0.717) is 25.0 Å². The average Bonchev–Trinajstić information content (AvgIpc) is 2.47. The van der Waals surface area contributed by atoms with E-state index < -0.39 is 10.0 Å². The van der Waals surface area contributed by atoms with Crippen LogP contribution in [0.2, 0.25) is 0 Å². The predicted molar refractivity (Wildman–Crippen MR) is 86.9 cm³/mol. The number of likely N-dealkylation sites (tertiary alicyclic amines) is 1. The van der Waals surface area contributed by atoms with E-state index >= 15 is 0 Å². The third-order valence-corrected chi connectivity index (χ3v) is 6.11. The van der Waals surface area contributed by atoms with Crippen LogP contribution in [-0.4, -0.2) is 69.2 Å². The molecule has 0 aliphatic carbocycles. The molecule has 2 aliphatic rings. The molecule has 2 unspecified atom stereocenters. The Bertz CT molecular complexity index is 407. The minimum absolute atomic E-state index is 0.460. The maximum atomic E-state index is 11.6. The van der Waals surface area contributed by atoms with Crippen LogP contribution >= 0.6 is 0 Å². The number of hydrogen-bond donors (Lipinski definition) is 1. The van der Waals surface area contributed by atoms with Crippen LogP contribution in [0.5, 0.6) is 0 Å². The second-order valence-electron chi connectivity index (χ2n) is 6.73. The first-order valence-corrected chi connectivity index (χ1v) is 10.2. The van der Waals surface area contributed by atoms with Crippen molar-refractivity contribution in [3.63, 3.8) is 0 Å². The summed E-state index contributed by atoms with van der Waals surface area (Å²) >= 11 is 0. The summed E-state index contributed by atoms with van der Waals surface area (Å²) in [6.07, 6.45) is 7.48. The standard InChI is InChI=1S/C15H31N3O2S/c1-14(17-8-4-3-5-9-17)11-16-12-15-7-6-10-18(13-15)21(2,19)20/h14-16H,3-13H2,1-2H3. The number of nitrogens with zero attached hydrogens (tertiary/aromatic N) is 2. The minimum atomic E-state index is -3.02. The van der Waals surface area contributed by atoms with Gasteiger partial charge in [-0.25, -0.2) is 12.7 Å². The molecule has 0 amide bonds. The van der Waals surface area contributed by atoms with E-state index in [9.17, 15) is 8.42 Å². The molecule has 2 atom stereocenters. The number of rotatable bonds is 6. The molecular weight excluding hydrogens is 286 g/mol. The molecule has 0 aromatic heterocycles. The third-order valence-electron chi connectivity index (χ3n) is 4.84. The molecule has 21 heavy (non-hydrogen) atoms. The van der Waals surface area contributed by atoms with Gasteiger partial charge in [0.2, 0.25) is 10.0 Å². The molecule has 0 bridgehead atoms. The summed E-state index contributed by atoms with van der Waals surface area (Å²) in [5, 5.41) is 3.56. The first-order chi connectivity index (χ1) is 9.97. The summed E-state index contributed by atoms with van der Waals surface area (Å²) in [5.41, 5.74) is 0. The Hall–Kier alpha value is -0.170. The Kier molecular flexibility index (Phi) is 6.47. The monoisotopic (exact) mass is 317 g/mol. The molecule has 6 heteroatoms. The van der Waals surface area contributed by atoms with Crippen LogP contribution in [-0.2, 0) is 10.0 Å². The topological polar surface area (TPSA) is 52.7 Å². The van der Waals surface area contributed by atoms with E-state index in [2.05, 4.69) is 17.1 Å². The van der Waals surface area contributed by atoms with Crippen LogP contribution in [0.4, 0.5) is 0 Å². The normalized spacial score (nSPS) is 27.6. The molecule has 5 nitrogen and oxygen atoms in total. The highest BCUT2D eigenvalue weighted by atomic mass is 32.2. The molecule has 0 saturated carbocycles. The van der Waals surface area contributed by atoms with Gasteiger partial charge < -0.3 is 5.32 Å². The Morgan fingerprint density at radius 2 is 1.86 bits per heavy atom. The smallest absolute Gasteiger partial charge is 0.211 e. The van der Waals surface area contributed by atoms with E-state index in [1.54, 1.807) is 4.31 Å². The lowest BCUT2D eigenvalue weighted by Crippen LogP contribution is -2.46. The number of piperidine rings is 2. The molecule has 0 aromatic carbocycles. The van der Waals surface area contributed by atoms with Gasteiger partial charge in [0, 0.05) is 25.7 Å². The van der Waals surface area contributed by atoms with Gasteiger partial charge in [-0.3, -0.25) is 4.90 Å². The number of sulfonamides is 1. The van der Waals surface area contributed by atoms with Crippen molar-refractivity contribution in [1.82, 2.24) is 14.5 Å². The van der Waals surface area contributed by atoms with Crippen LogP contribution < -0.4 is 5.32 Å². The first kappa shape index (κ1) is 17.2. The van der Waals surface area contributed by atoms with Gasteiger partial charge in [-0.1, -0.05) is 6.42 Å². The van der Waals surface area contributed by atoms with Crippen molar-refractivity contribution in [2.45, 2.75) is 45.1 Å². The lowest BCUT2D eigenvalue weighted by molar-refractivity contribution is 0.167. The predicted octanol–water partition coefficient (Wildman–Crippen LogP) is 1.12. The molecule has 2 rings (SSSR count). The van der Waals surface area contributed by atoms with Crippen LogP contribution in [0.3, 0.4) is 0 Å². The molecule has 2 fully saturated rings.